The monoisotopic (exact) mass is 330 g/mol. The van der Waals surface area contributed by atoms with Crippen LogP contribution in [-0.2, 0) is 14.2 Å². The minimum absolute atomic E-state index is 0.00704. The fourth-order valence-electron chi connectivity index (χ4n) is 3.18. The highest BCUT2D eigenvalue weighted by molar-refractivity contribution is 5.69. The van der Waals surface area contributed by atoms with E-state index in [9.17, 15) is 9.90 Å². The maximum absolute atomic E-state index is 12.5. The number of hydrogen-bond donors (Lipinski definition) is 1. The van der Waals surface area contributed by atoms with Gasteiger partial charge in [-0.3, -0.25) is 4.90 Å². The summed E-state index contributed by atoms with van der Waals surface area (Å²) in [5.41, 5.74) is -0.520. The molecule has 4 atom stereocenters. The molecule has 2 heterocycles. The number of ether oxygens (including phenoxy) is 3. The van der Waals surface area contributed by atoms with Crippen LogP contribution in [0.4, 0.5) is 4.79 Å². The van der Waals surface area contributed by atoms with E-state index in [4.69, 9.17) is 14.2 Å². The Kier molecular flexibility index (Phi) is 5.89. The van der Waals surface area contributed by atoms with Gasteiger partial charge in [-0.1, -0.05) is 0 Å². The fourth-order valence-corrected chi connectivity index (χ4v) is 3.18. The first-order valence-corrected chi connectivity index (χ1v) is 8.19. The maximum Gasteiger partial charge on any atom is 0.410 e. The molecule has 1 amide bonds. The van der Waals surface area contributed by atoms with Crippen LogP contribution in [0.3, 0.4) is 0 Å². The van der Waals surface area contributed by atoms with Crippen molar-refractivity contribution in [1.82, 2.24) is 9.80 Å². The predicted octanol–water partition coefficient (Wildman–Crippen LogP) is 0.702. The minimum Gasteiger partial charge on any atom is -0.444 e. The standard InChI is InChI=1S/C16H30N2O5/c1-16(2,3)23-15(20)18-8-12(21-5)6-11(18)7-17(4)13-9-22-10-14(13)19/h11-14,19H,6-10H2,1-5H3/t11-,12+,13+,14+/m0/s1. The molecule has 2 aliphatic rings. The molecular formula is C16H30N2O5. The minimum atomic E-state index is -0.520. The Morgan fingerprint density at radius 3 is 2.61 bits per heavy atom. The van der Waals surface area contributed by atoms with Gasteiger partial charge >= 0.3 is 6.09 Å². The SMILES string of the molecule is CO[C@@H]1C[C@@H](CN(C)[C@@H]2COC[C@H]2O)N(C(=O)OC(C)(C)C)C1. The third kappa shape index (κ3) is 4.79. The van der Waals surface area contributed by atoms with Crippen LogP contribution in [0.2, 0.25) is 0 Å². The highest BCUT2D eigenvalue weighted by Crippen LogP contribution is 2.24. The van der Waals surface area contributed by atoms with E-state index in [1.54, 1.807) is 12.0 Å². The van der Waals surface area contributed by atoms with Crippen molar-refractivity contribution in [3.63, 3.8) is 0 Å². The number of carbonyl (C=O) groups is 1. The molecule has 1 N–H and O–H groups in total. The molecule has 0 saturated carbocycles. The summed E-state index contributed by atoms with van der Waals surface area (Å²) in [4.78, 5) is 16.3. The molecule has 2 fully saturated rings. The highest BCUT2D eigenvalue weighted by Gasteiger charge is 2.40. The van der Waals surface area contributed by atoms with Crippen LogP contribution < -0.4 is 0 Å². The summed E-state index contributed by atoms with van der Waals surface area (Å²) < 4.78 is 16.3. The first kappa shape index (κ1) is 18.4. The maximum atomic E-state index is 12.5. The Bertz CT molecular complexity index is 412. The lowest BCUT2D eigenvalue weighted by Crippen LogP contribution is -2.49. The van der Waals surface area contributed by atoms with Crippen LogP contribution in [-0.4, -0.2) is 91.4 Å². The molecule has 0 spiro atoms. The van der Waals surface area contributed by atoms with Gasteiger partial charge in [0.05, 0.1) is 44.1 Å². The average Bonchev–Trinajstić information content (AvgIpc) is 3.02. The Balaban J connectivity index is 2.00. The predicted molar refractivity (Wildman–Crippen MR) is 85.4 cm³/mol. The highest BCUT2D eigenvalue weighted by atomic mass is 16.6. The zero-order chi connectivity index (χ0) is 17.2. The molecular weight excluding hydrogens is 300 g/mol. The molecule has 7 nitrogen and oxygen atoms in total. The second-order valence-corrected chi connectivity index (χ2v) is 7.49. The number of likely N-dealkylation sites (tertiary alicyclic amines) is 1. The van der Waals surface area contributed by atoms with Crippen LogP contribution in [0.15, 0.2) is 0 Å². The van der Waals surface area contributed by atoms with E-state index >= 15 is 0 Å². The first-order valence-electron chi connectivity index (χ1n) is 8.19. The summed E-state index contributed by atoms with van der Waals surface area (Å²) in [5, 5.41) is 9.96. The van der Waals surface area contributed by atoms with E-state index < -0.39 is 11.7 Å². The summed E-state index contributed by atoms with van der Waals surface area (Å²) in [7, 11) is 3.62. The quantitative estimate of drug-likeness (QED) is 0.818. The molecule has 0 unspecified atom stereocenters. The number of methoxy groups -OCH3 is 1. The molecule has 0 bridgehead atoms. The van der Waals surface area contributed by atoms with Crippen molar-refractivity contribution in [2.75, 3.05) is 40.5 Å². The van der Waals surface area contributed by atoms with Crippen molar-refractivity contribution < 1.29 is 24.1 Å². The van der Waals surface area contributed by atoms with Gasteiger partial charge in [0.2, 0.25) is 0 Å². The second-order valence-electron chi connectivity index (χ2n) is 7.49. The number of nitrogens with zero attached hydrogens (tertiary/aromatic N) is 2. The molecule has 7 heteroatoms. The van der Waals surface area contributed by atoms with E-state index in [1.165, 1.54) is 0 Å². The van der Waals surface area contributed by atoms with Crippen LogP contribution >= 0.6 is 0 Å². The summed E-state index contributed by atoms with van der Waals surface area (Å²) in [6.07, 6.45) is 0.00275. The topological polar surface area (TPSA) is 71.5 Å². The van der Waals surface area contributed by atoms with Crippen molar-refractivity contribution in [2.24, 2.45) is 0 Å². The molecule has 2 rings (SSSR count). The normalized spacial score (nSPS) is 31.9. The third-order valence-corrected chi connectivity index (χ3v) is 4.42. The van der Waals surface area contributed by atoms with Crippen molar-refractivity contribution in [1.29, 1.82) is 0 Å². The zero-order valence-corrected chi connectivity index (χ0v) is 14.8. The van der Waals surface area contributed by atoms with Crippen molar-refractivity contribution >= 4 is 6.09 Å². The molecule has 0 aromatic heterocycles. The number of rotatable bonds is 4. The van der Waals surface area contributed by atoms with Gasteiger partial charge in [-0.2, -0.15) is 0 Å². The van der Waals surface area contributed by atoms with Gasteiger partial charge in [0.15, 0.2) is 0 Å². The van der Waals surface area contributed by atoms with E-state index in [1.807, 2.05) is 27.8 Å². The van der Waals surface area contributed by atoms with Crippen molar-refractivity contribution in [2.45, 2.75) is 57.1 Å². The van der Waals surface area contributed by atoms with Crippen LogP contribution in [0.1, 0.15) is 27.2 Å². The van der Waals surface area contributed by atoms with Crippen LogP contribution in [0.5, 0.6) is 0 Å². The Hall–Kier alpha value is -0.890. The fraction of sp³-hybridized carbons (Fsp3) is 0.938. The van der Waals surface area contributed by atoms with Gasteiger partial charge in [0.1, 0.15) is 5.60 Å². The van der Waals surface area contributed by atoms with Gasteiger partial charge < -0.3 is 24.2 Å². The van der Waals surface area contributed by atoms with Gasteiger partial charge in [0.25, 0.3) is 0 Å². The van der Waals surface area contributed by atoms with Crippen LogP contribution in [0.25, 0.3) is 0 Å². The van der Waals surface area contributed by atoms with E-state index in [-0.39, 0.29) is 24.3 Å². The Morgan fingerprint density at radius 1 is 1.39 bits per heavy atom. The molecule has 0 aliphatic carbocycles. The van der Waals surface area contributed by atoms with Crippen molar-refractivity contribution in [3.8, 4) is 0 Å². The summed E-state index contributed by atoms with van der Waals surface area (Å²) in [6, 6.07) is -0.0234. The van der Waals surface area contributed by atoms with Crippen molar-refractivity contribution in [3.05, 3.63) is 0 Å². The van der Waals surface area contributed by atoms with E-state index in [0.717, 1.165) is 6.42 Å². The lowest BCUT2D eigenvalue weighted by molar-refractivity contribution is 0.0150. The zero-order valence-electron chi connectivity index (χ0n) is 14.8. The van der Waals surface area contributed by atoms with Gasteiger partial charge in [-0.05, 0) is 34.2 Å². The van der Waals surface area contributed by atoms with Crippen LogP contribution in [0, 0.1) is 0 Å². The first-order chi connectivity index (χ1) is 10.7. The lowest BCUT2D eigenvalue weighted by atomic mass is 10.1. The largest absolute Gasteiger partial charge is 0.444 e. The molecule has 0 radical (unpaired) electrons. The molecule has 23 heavy (non-hydrogen) atoms. The molecule has 2 saturated heterocycles. The molecule has 134 valence electrons. The summed E-state index contributed by atoms with van der Waals surface area (Å²) in [6.45, 7) is 7.67. The number of aliphatic hydroxyl groups is 1. The van der Waals surface area contributed by atoms with E-state index in [0.29, 0.717) is 26.3 Å². The third-order valence-electron chi connectivity index (χ3n) is 4.42. The van der Waals surface area contributed by atoms with E-state index in [2.05, 4.69) is 4.90 Å². The van der Waals surface area contributed by atoms with Gasteiger partial charge in [-0.15, -0.1) is 0 Å². The Morgan fingerprint density at radius 2 is 2.09 bits per heavy atom. The Labute approximate surface area is 138 Å². The second kappa shape index (κ2) is 7.34. The number of likely N-dealkylation sites (N-methyl/N-ethyl adjacent to an activating group) is 1. The molecule has 0 aromatic carbocycles. The summed E-state index contributed by atoms with van der Waals surface area (Å²) in [5.74, 6) is 0. The van der Waals surface area contributed by atoms with Gasteiger partial charge in [0, 0.05) is 13.7 Å². The molecule has 2 aliphatic heterocycles. The smallest absolute Gasteiger partial charge is 0.410 e. The number of carbonyl (C=O) groups excluding carboxylic acids is 1. The van der Waals surface area contributed by atoms with Gasteiger partial charge in [-0.25, -0.2) is 4.79 Å². The lowest BCUT2D eigenvalue weighted by Gasteiger charge is -2.33. The molecule has 0 aromatic rings. The average molecular weight is 330 g/mol. The number of hydrogen-bond acceptors (Lipinski definition) is 6. The number of amides is 1. The number of aliphatic hydroxyl groups excluding tert-OH is 1. The summed E-state index contributed by atoms with van der Waals surface area (Å²) >= 11 is 0.